The number of carbonyl (C=O) groups is 4. The first kappa shape index (κ1) is 24.1. The molecule has 0 atom stereocenters. The van der Waals surface area contributed by atoms with Crippen LogP contribution in [0.4, 0.5) is 10.5 Å². The van der Waals surface area contributed by atoms with Crippen molar-refractivity contribution in [2.45, 2.75) is 12.8 Å². The maximum absolute atomic E-state index is 13.1. The lowest BCUT2D eigenvalue weighted by molar-refractivity contribution is -0.0584. The number of hydrogen-bond donors (Lipinski definition) is 1. The number of nitrogens with one attached hydrogen (secondary N) is 1. The lowest BCUT2D eigenvalue weighted by Gasteiger charge is -2.17. The van der Waals surface area contributed by atoms with Gasteiger partial charge in [0.05, 0.1) is 22.4 Å². The Morgan fingerprint density at radius 1 is 0.744 bits per heavy atom. The number of carbonyl (C=O) groups excluding carboxylic acids is 4. The molecule has 1 heterocycles. The second kappa shape index (κ2) is 9.57. The Morgan fingerprint density at radius 2 is 1.28 bits per heavy atom. The monoisotopic (exact) mass is 518 g/mol. The lowest BCUT2D eigenvalue weighted by Crippen LogP contribution is -2.33. The first-order valence-electron chi connectivity index (χ1n) is 12.4. The van der Waals surface area contributed by atoms with Gasteiger partial charge in [0.1, 0.15) is 6.61 Å². The van der Waals surface area contributed by atoms with Crippen molar-refractivity contribution >= 4 is 29.6 Å². The molecule has 0 fully saturated rings. The summed E-state index contributed by atoms with van der Waals surface area (Å²) < 4.78 is 5.61. The van der Waals surface area contributed by atoms with E-state index < -0.39 is 23.9 Å². The van der Waals surface area contributed by atoms with Crippen LogP contribution in [0.2, 0.25) is 0 Å². The largest absolute Gasteiger partial charge is 0.448 e. The molecule has 0 unspecified atom stereocenters. The summed E-state index contributed by atoms with van der Waals surface area (Å²) >= 11 is 0. The van der Waals surface area contributed by atoms with Gasteiger partial charge in [0.15, 0.2) is 0 Å². The number of amides is 3. The van der Waals surface area contributed by atoms with Crippen molar-refractivity contribution < 1.29 is 28.8 Å². The summed E-state index contributed by atoms with van der Waals surface area (Å²) in [7, 11) is 0. The molecule has 8 nitrogen and oxygen atoms in total. The van der Waals surface area contributed by atoms with E-state index in [1.807, 2.05) is 48.5 Å². The highest BCUT2D eigenvalue weighted by molar-refractivity contribution is 6.21. The zero-order valence-corrected chi connectivity index (χ0v) is 20.8. The maximum Gasteiger partial charge on any atom is 0.411 e. The molecule has 0 radical (unpaired) electrons. The van der Waals surface area contributed by atoms with Crippen LogP contribution >= 0.6 is 0 Å². The molecule has 6 rings (SSSR count). The van der Waals surface area contributed by atoms with E-state index in [-0.39, 0.29) is 34.9 Å². The average molecular weight is 519 g/mol. The molecule has 4 aromatic carbocycles. The van der Waals surface area contributed by atoms with Crippen molar-refractivity contribution in [1.29, 1.82) is 0 Å². The Balaban J connectivity index is 1.18. The van der Waals surface area contributed by atoms with Gasteiger partial charge in [0.2, 0.25) is 0 Å². The van der Waals surface area contributed by atoms with Crippen molar-refractivity contribution in [2.75, 3.05) is 11.9 Å². The summed E-state index contributed by atoms with van der Waals surface area (Å²) in [4.78, 5) is 56.5. The second-order valence-corrected chi connectivity index (χ2v) is 9.28. The number of benzene rings is 4. The molecule has 0 saturated carbocycles. The van der Waals surface area contributed by atoms with Crippen LogP contribution in [0.15, 0.2) is 91.0 Å². The molecule has 8 heteroatoms. The molecule has 1 aliphatic carbocycles. The molecule has 192 valence electrons. The first-order chi connectivity index (χ1) is 18.9. The summed E-state index contributed by atoms with van der Waals surface area (Å²) in [6.45, 7) is 1.75. The van der Waals surface area contributed by atoms with Crippen LogP contribution in [0.5, 0.6) is 0 Å². The van der Waals surface area contributed by atoms with E-state index in [0.29, 0.717) is 10.6 Å². The van der Waals surface area contributed by atoms with Gasteiger partial charge in [0, 0.05) is 5.92 Å². The number of aryl methyl sites for hydroxylation is 1. The lowest BCUT2D eigenvalue weighted by atomic mass is 9.98. The molecular weight excluding hydrogens is 496 g/mol. The van der Waals surface area contributed by atoms with Crippen LogP contribution in [0, 0.1) is 6.92 Å². The summed E-state index contributed by atoms with van der Waals surface area (Å²) in [5.74, 6) is -2.55. The zero-order chi connectivity index (χ0) is 27.1. The van der Waals surface area contributed by atoms with Gasteiger partial charge in [-0.15, -0.1) is 0 Å². The molecule has 0 aromatic heterocycles. The van der Waals surface area contributed by atoms with E-state index in [1.54, 1.807) is 31.2 Å². The second-order valence-electron chi connectivity index (χ2n) is 9.28. The van der Waals surface area contributed by atoms with Crippen molar-refractivity contribution in [1.82, 2.24) is 5.06 Å². The Kier molecular flexibility index (Phi) is 5.92. The number of hydroxylamine groups is 2. The van der Waals surface area contributed by atoms with Gasteiger partial charge in [-0.2, -0.15) is 0 Å². The highest BCUT2D eigenvalue weighted by atomic mass is 16.7. The third-order valence-corrected chi connectivity index (χ3v) is 6.99. The minimum absolute atomic E-state index is 0.00237. The number of rotatable bonds is 5. The van der Waals surface area contributed by atoms with Crippen LogP contribution in [0.3, 0.4) is 0 Å². The van der Waals surface area contributed by atoms with Gasteiger partial charge in [0.25, 0.3) is 11.8 Å². The Bertz CT molecular complexity index is 1600. The number of ether oxygens (including phenoxy) is 1. The van der Waals surface area contributed by atoms with Crippen LogP contribution in [0.25, 0.3) is 11.1 Å². The van der Waals surface area contributed by atoms with E-state index in [0.717, 1.165) is 22.3 Å². The fraction of sp³-hybridized carbons (Fsp3) is 0.0968. The molecule has 2 aliphatic rings. The van der Waals surface area contributed by atoms with Crippen molar-refractivity contribution in [3.8, 4) is 11.1 Å². The van der Waals surface area contributed by atoms with Gasteiger partial charge in [-0.1, -0.05) is 77.9 Å². The number of fused-ring (bicyclic) bond motifs is 4. The third kappa shape index (κ3) is 4.12. The van der Waals surface area contributed by atoms with Crippen LogP contribution in [-0.2, 0) is 9.57 Å². The highest BCUT2D eigenvalue weighted by Crippen LogP contribution is 2.44. The smallest absolute Gasteiger partial charge is 0.411 e. The predicted molar refractivity (Wildman–Crippen MR) is 142 cm³/mol. The minimum Gasteiger partial charge on any atom is -0.448 e. The molecule has 0 saturated heterocycles. The van der Waals surface area contributed by atoms with Crippen LogP contribution in [-0.4, -0.2) is 35.5 Å². The normalized spacial score (nSPS) is 13.5. The summed E-state index contributed by atoms with van der Waals surface area (Å²) in [6, 6.07) is 27.1. The third-order valence-electron chi connectivity index (χ3n) is 6.99. The van der Waals surface area contributed by atoms with Crippen LogP contribution in [0.1, 0.15) is 53.7 Å². The van der Waals surface area contributed by atoms with Gasteiger partial charge in [-0.3, -0.25) is 14.9 Å². The molecule has 0 spiro atoms. The molecule has 39 heavy (non-hydrogen) atoms. The number of imide groups is 1. The maximum atomic E-state index is 13.1. The Labute approximate surface area is 223 Å². The Hall–Kier alpha value is -5.24. The van der Waals surface area contributed by atoms with E-state index in [1.165, 1.54) is 18.2 Å². The zero-order valence-electron chi connectivity index (χ0n) is 20.8. The predicted octanol–water partition coefficient (Wildman–Crippen LogP) is 5.72. The van der Waals surface area contributed by atoms with E-state index in [2.05, 4.69) is 5.32 Å². The standard InChI is InChI=1S/C31H22N2O6/c1-18-9-8-16-26(27(18)30(36)39-33-28(34)23-14-6-7-15-24(23)29(33)35)32-31(37)38-17-25-21-12-4-2-10-19(21)20-11-3-5-13-22(20)25/h2-16,25H,17H2,1H3,(H,32,37). The Morgan fingerprint density at radius 3 is 1.87 bits per heavy atom. The molecule has 0 bridgehead atoms. The van der Waals surface area contributed by atoms with Gasteiger partial charge >= 0.3 is 12.1 Å². The molecular formula is C31H22N2O6. The summed E-state index contributed by atoms with van der Waals surface area (Å²) in [6.07, 6.45) is -0.753. The van der Waals surface area contributed by atoms with Crippen molar-refractivity contribution in [3.05, 3.63) is 124 Å². The number of hydrogen-bond acceptors (Lipinski definition) is 6. The van der Waals surface area contributed by atoms with E-state index in [9.17, 15) is 19.2 Å². The van der Waals surface area contributed by atoms with E-state index >= 15 is 0 Å². The number of nitrogens with zero attached hydrogens (tertiary/aromatic N) is 1. The molecule has 4 aromatic rings. The molecule has 1 aliphatic heterocycles. The van der Waals surface area contributed by atoms with Crippen molar-refractivity contribution in [2.24, 2.45) is 0 Å². The van der Waals surface area contributed by atoms with Crippen LogP contribution < -0.4 is 5.32 Å². The first-order valence-corrected chi connectivity index (χ1v) is 12.4. The summed E-state index contributed by atoms with van der Waals surface area (Å²) in [5.41, 5.74) is 5.29. The van der Waals surface area contributed by atoms with Crippen molar-refractivity contribution in [3.63, 3.8) is 0 Å². The number of anilines is 1. The fourth-order valence-corrected chi connectivity index (χ4v) is 5.17. The molecule has 3 amide bonds. The van der Waals surface area contributed by atoms with Gasteiger partial charge in [-0.25, -0.2) is 9.59 Å². The SMILES string of the molecule is Cc1cccc(NC(=O)OCC2c3ccccc3-c3ccccc32)c1C(=O)ON1C(=O)c2ccccc2C1=O. The molecule has 1 N–H and O–H groups in total. The summed E-state index contributed by atoms with van der Waals surface area (Å²) in [5, 5.41) is 3.06. The topological polar surface area (TPSA) is 102 Å². The highest BCUT2D eigenvalue weighted by Gasteiger charge is 2.39. The minimum atomic E-state index is -0.962. The van der Waals surface area contributed by atoms with Gasteiger partial charge in [-0.05, 0) is 52.9 Å². The van der Waals surface area contributed by atoms with E-state index in [4.69, 9.17) is 9.57 Å². The van der Waals surface area contributed by atoms with Gasteiger partial charge < -0.3 is 9.57 Å². The quantitative estimate of drug-likeness (QED) is 0.339. The average Bonchev–Trinajstić information content (AvgIpc) is 3.39. The fourth-order valence-electron chi connectivity index (χ4n) is 5.17.